The van der Waals surface area contributed by atoms with Crippen LogP contribution >= 0.6 is 0 Å². The van der Waals surface area contributed by atoms with Crippen molar-refractivity contribution in [3.8, 4) is 0 Å². The molecule has 1 saturated carbocycles. The van der Waals surface area contributed by atoms with Gasteiger partial charge in [0.1, 0.15) is 0 Å². The minimum absolute atomic E-state index is 0.257. The molecule has 2 aliphatic rings. The first-order valence-corrected chi connectivity index (χ1v) is 9.50. The number of hydrogen-bond acceptors (Lipinski definition) is 3. The third kappa shape index (κ3) is 6.25. The second kappa shape index (κ2) is 10.2. The normalized spacial score (nSPS) is 21.9. The average Bonchev–Trinajstić information content (AvgIpc) is 3.05. The number of nitrogens with zero attached hydrogens (tertiary/aromatic N) is 1. The van der Waals surface area contributed by atoms with Gasteiger partial charge in [0, 0.05) is 38.6 Å². The van der Waals surface area contributed by atoms with Crippen LogP contribution < -0.4 is 10.6 Å². The van der Waals surface area contributed by atoms with Crippen molar-refractivity contribution in [3.63, 3.8) is 0 Å². The summed E-state index contributed by atoms with van der Waals surface area (Å²) >= 11 is 0. The molecule has 0 bridgehead atoms. The zero-order chi connectivity index (χ0) is 15.6. The van der Waals surface area contributed by atoms with Gasteiger partial charge in [-0.05, 0) is 31.7 Å². The van der Waals surface area contributed by atoms with Gasteiger partial charge < -0.3 is 15.5 Å². The molecule has 4 nitrogen and oxygen atoms in total. The predicted molar refractivity (Wildman–Crippen MR) is 91.9 cm³/mol. The van der Waals surface area contributed by atoms with Crippen molar-refractivity contribution in [1.82, 2.24) is 15.5 Å². The smallest absolute Gasteiger partial charge is 0.223 e. The van der Waals surface area contributed by atoms with Crippen molar-refractivity contribution in [2.75, 3.05) is 39.3 Å². The van der Waals surface area contributed by atoms with E-state index in [1.165, 1.54) is 25.7 Å². The van der Waals surface area contributed by atoms with Crippen molar-refractivity contribution >= 4 is 5.91 Å². The zero-order valence-corrected chi connectivity index (χ0v) is 14.4. The van der Waals surface area contributed by atoms with E-state index < -0.39 is 0 Å². The predicted octanol–water partition coefficient (Wildman–Crippen LogP) is 2.39. The third-order valence-electron chi connectivity index (χ3n) is 5.26. The minimum Gasteiger partial charge on any atom is -0.356 e. The van der Waals surface area contributed by atoms with Crippen molar-refractivity contribution in [3.05, 3.63) is 0 Å². The Hall–Kier alpha value is -0.610. The first-order chi connectivity index (χ1) is 10.8. The van der Waals surface area contributed by atoms with Crippen LogP contribution in [0.5, 0.6) is 0 Å². The highest BCUT2D eigenvalue weighted by Gasteiger charge is 2.24. The molecule has 0 spiro atoms. The van der Waals surface area contributed by atoms with E-state index in [-0.39, 0.29) is 5.92 Å². The maximum Gasteiger partial charge on any atom is 0.223 e. The largest absolute Gasteiger partial charge is 0.356 e. The van der Waals surface area contributed by atoms with E-state index in [0.717, 1.165) is 70.9 Å². The van der Waals surface area contributed by atoms with Gasteiger partial charge in [-0.3, -0.25) is 4.79 Å². The Bertz CT molecular complexity index is 309. The Morgan fingerprint density at radius 2 is 2.00 bits per heavy atom. The maximum atomic E-state index is 12.4. The van der Waals surface area contributed by atoms with Gasteiger partial charge in [0.25, 0.3) is 0 Å². The fourth-order valence-corrected chi connectivity index (χ4v) is 3.95. The summed E-state index contributed by atoms with van der Waals surface area (Å²) < 4.78 is 0. The molecule has 2 rings (SSSR count). The summed E-state index contributed by atoms with van der Waals surface area (Å²) in [5.41, 5.74) is 0. The van der Waals surface area contributed by atoms with Gasteiger partial charge in [-0.15, -0.1) is 0 Å². The molecule has 1 atom stereocenters. The fraction of sp³-hybridized carbons (Fsp3) is 0.944. The van der Waals surface area contributed by atoms with Gasteiger partial charge >= 0.3 is 0 Å². The number of carbonyl (C=O) groups excluding carboxylic acids is 1. The number of nitrogens with one attached hydrogen (secondary N) is 2. The van der Waals surface area contributed by atoms with Crippen LogP contribution in [-0.2, 0) is 4.79 Å². The topological polar surface area (TPSA) is 44.4 Å². The lowest BCUT2D eigenvalue weighted by molar-refractivity contribution is -0.125. The molecule has 0 radical (unpaired) electrons. The second-order valence-electron chi connectivity index (χ2n) is 7.11. The quantitative estimate of drug-likeness (QED) is 0.643. The molecule has 1 amide bonds. The molecule has 1 aliphatic heterocycles. The average molecular weight is 309 g/mol. The fourth-order valence-electron chi connectivity index (χ4n) is 3.95. The number of piperazine rings is 1. The summed E-state index contributed by atoms with van der Waals surface area (Å²) in [5, 5.41) is 6.58. The molecule has 1 aliphatic carbocycles. The van der Waals surface area contributed by atoms with Crippen LogP contribution in [0, 0.1) is 11.8 Å². The molecular formula is C18H35N3O. The highest BCUT2D eigenvalue weighted by molar-refractivity contribution is 5.78. The number of amides is 1. The molecule has 1 unspecified atom stereocenters. The lowest BCUT2D eigenvalue weighted by atomic mass is 9.89. The van der Waals surface area contributed by atoms with E-state index in [0.29, 0.717) is 5.91 Å². The van der Waals surface area contributed by atoms with E-state index in [1.54, 1.807) is 0 Å². The second-order valence-corrected chi connectivity index (χ2v) is 7.11. The van der Waals surface area contributed by atoms with Gasteiger partial charge in [0.15, 0.2) is 0 Å². The van der Waals surface area contributed by atoms with Crippen LogP contribution in [-0.4, -0.2) is 50.1 Å². The summed E-state index contributed by atoms with van der Waals surface area (Å²) in [4.78, 5) is 14.9. The molecule has 128 valence electrons. The Morgan fingerprint density at radius 3 is 2.68 bits per heavy atom. The third-order valence-corrected chi connectivity index (χ3v) is 5.26. The molecule has 4 heteroatoms. The molecule has 2 fully saturated rings. The van der Waals surface area contributed by atoms with Crippen molar-refractivity contribution < 1.29 is 4.79 Å². The Labute approximate surface area is 136 Å². The Kier molecular flexibility index (Phi) is 8.24. The van der Waals surface area contributed by atoms with Gasteiger partial charge in [0.05, 0.1) is 0 Å². The van der Waals surface area contributed by atoms with Crippen molar-refractivity contribution in [2.24, 2.45) is 11.8 Å². The SMILES string of the molecule is CCCC(CC1CCCC1)C(=O)NCCCN1CCNCC1. The molecule has 2 N–H and O–H groups in total. The summed E-state index contributed by atoms with van der Waals surface area (Å²) in [6.07, 6.45) is 9.80. The van der Waals surface area contributed by atoms with Crippen LogP contribution in [0.4, 0.5) is 0 Å². The maximum absolute atomic E-state index is 12.4. The first-order valence-electron chi connectivity index (χ1n) is 9.50. The monoisotopic (exact) mass is 309 g/mol. The zero-order valence-electron chi connectivity index (χ0n) is 14.4. The van der Waals surface area contributed by atoms with E-state index in [9.17, 15) is 4.79 Å². The summed E-state index contributed by atoms with van der Waals surface area (Å²) in [6.45, 7) is 8.65. The molecule has 0 aromatic rings. The number of rotatable bonds is 9. The van der Waals surface area contributed by atoms with Gasteiger partial charge in [-0.25, -0.2) is 0 Å². The standard InChI is InChI=1S/C18H35N3O/c1-2-6-17(15-16-7-3-4-8-16)18(22)20-9-5-12-21-13-10-19-11-14-21/h16-17,19H,2-15H2,1H3,(H,20,22). The van der Waals surface area contributed by atoms with Crippen LogP contribution in [0.25, 0.3) is 0 Å². The van der Waals surface area contributed by atoms with E-state index in [1.807, 2.05) is 0 Å². The van der Waals surface area contributed by atoms with Crippen molar-refractivity contribution in [1.29, 1.82) is 0 Å². The van der Waals surface area contributed by atoms with Gasteiger partial charge in [-0.2, -0.15) is 0 Å². The highest BCUT2D eigenvalue weighted by atomic mass is 16.1. The lowest BCUT2D eigenvalue weighted by Gasteiger charge is -2.27. The first kappa shape index (κ1) is 17.7. The van der Waals surface area contributed by atoms with E-state index >= 15 is 0 Å². The van der Waals surface area contributed by atoms with Crippen LogP contribution in [0.3, 0.4) is 0 Å². The Morgan fingerprint density at radius 1 is 1.27 bits per heavy atom. The Balaban J connectivity index is 1.61. The molecule has 0 aromatic carbocycles. The van der Waals surface area contributed by atoms with Crippen LogP contribution in [0.15, 0.2) is 0 Å². The van der Waals surface area contributed by atoms with E-state index in [2.05, 4.69) is 22.5 Å². The van der Waals surface area contributed by atoms with Gasteiger partial charge in [-0.1, -0.05) is 39.0 Å². The molecule has 1 heterocycles. The summed E-state index contributed by atoms with van der Waals surface area (Å²) in [7, 11) is 0. The van der Waals surface area contributed by atoms with Crippen LogP contribution in [0.1, 0.15) is 58.3 Å². The number of hydrogen-bond donors (Lipinski definition) is 2. The number of carbonyl (C=O) groups is 1. The van der Waals surface area contributed by atoms with Crippen molar-refractivity contribution in [2.45, 2.75) is 58.3 Å². The highest BCUT2D eigenvalue weighted by Crippen LogP contribution is 2.31. The summed E-state index contributed by atoms with van der Waals surface area (Å²) in [5.74, 6) is 1.38. The van der Waals surface area contributed by atoms with Gasteiger partial charge in [0.2, 0.25) is 5.91 Å². The van der Waals surface area contributed by atoms with E-state index in [4.69, 9.17) is 0 Å². The molecule has 1 saturated heterocycles. The van der Waals surface area contributed by atoms with Crippen LogP contribution in [0.2, 0.25) is 0 Å². The molecule has 22 heavy (non-hydrogen) atoms. The molecule has 0 aromatic heterocycles. The lowest BCUT2D eigenvalue weighted by Crippen LogP contribution is -2.44. The minimum atomic E-state index is 0.257. The summed E-state index contributed by atoms with van der Waals surface area (Å²) in [6, 6.07) is 0. The molecular weight excluding hydrogens is 274 g/mol.